The van der Waals surface area contributed by atoms with Gasteiger partial charge >= 0.3 is 0 Å². The maximum absolute atomic E-state index is 12.3. The maximum atomic E-state index is 12.3. The number of amides is 1. The fourth-order valence-electron chi connectivity index (χ4n) is 3.30. The van der Waals surface area contributed by atoms with Gasteiger partial charge in [-0.25, -0.2) is 0 Å². The summed E-state index contributed by atoms with van der Waals surface area (Å²) in [6, 6.07) is 15.8. The molecule has 1 N–H and O–H groups in total. The monoisotopic (exact) mass is 376 g/mol. The van der Waals surface area contributed by atoms with Crippen LogP contribution in [0.2, 0.25) is 10.0 Å². The Morgan fingerprint density at radius 1 is 1.00 bits per heavy atom. The quantitative estimate of drug-likeness (QED) is 0.805. The molecular formula is C20H22Cl2N2O. The van der Waals surface area contributed by atoms with E-state index >= 15 is 0 Å². The predicted molar refractivity (Wildman–Crippen MR) is 104 cm³/mol. The van der Waals surface area contributed by atoms with Gasteiger partial charge in [-0.2, -0.15) is 0 Å². The van der Waals surface area contributed by atoms with Crippen molar-refractivity contribution >= 4 is 34.8 Å². The minimum absolute atomic E-state index is 0.0727. The van der Waals surface area contributed by atoms with E-state index in [0.717, 1.165) is 32.4 Å². The zero-order valence-electron chi connectivity index (χ0n) is 14.1. The molecule has 1 aliphatic rings. The van der Waals surface area contributed by atoms with E-state index in [9.17, 15) is 4.79 Å². The van der Waals surface area contributed by atoms with E-state index in [2.05, 4.69) is 40.5 Å². The molecule has 1 heterocycles. The van der Waals surface area contributed by atoms with Gasteiger partial charge in [0.15, 0.2) is 0 Å². The molecule has 132 valence electrons. The summed E-state index contributed by atoms with van der Waals surface area (Å²) in [6.07, 6.45) is 3.36. The van der Waals surface area contributed by atoms with Crippen molar-refractivity contribution in [1.29, 1.82) is 0 Å². The third-order valence-electron chi connectivity index (χ3n) is 4.67. The molecule has 0 saturated carbocycles. The average molecular weight is 377 g/mol. The number of anilines is 1. The Bertz CT molecular complexity index is 693. The molecule has 1 fully saturated rings. The second-order valence-electron chi connectivity index (χ2n) is 6.55. The number of nitrogens with zero attached hydrogens (tertiary/aromatic N) is 1. The molecule has 5 heteroatoms. The van der Waals surface area contributed by atoms with E-state index in [0.29, 0.717) is 28.2 Å². The van der Waals surface area contributed by atoms with Crippen molar-refractivity contribution in [1.82, 2.24) is 4.90 Å². The number of benzene rings is 2. The Morgan fingerprint density at radius 3 is 2.28 bits per heavy atom. The van der Waals surface area contributed by atoms with Gasteiger partial charge in [0.25, 0.3) is 0 Å². The predicted octanol–water partition coefficient (Wildman–Crippen LogP) is 4.89. The van der Waals surface area contributed by atoms with Crippen molar-refractivity contribution in [2.45, 2.75) is 19.3 Å². The Kier molecular flexibility index (Phi) is 6.35. The zero-order chi connectivity index (χ0) is 17.6. The lowest BCUT2D eigenvalue weighted by atomic mass is 9.90. The van der Waals surface area contributed by atoms with Crippen molar-refractivity contribution in [2.75, 3.05) is 25.0 Å². The van der Waals surface area contributed by atoms with Gasteiger partial charge in [0.2, 0.25) is 5.91 Å². The van der Waals surface area contributed by atoms with Crippen LogP contribution in [-0.4, -0.2) is 30.4 Å². The van der Waals surface area contributed by atoms with Gasteiger partial charge in [0.1, 0.15) is 0 Å². The van der Waals surface area contributed by atoms with Gasteiger partial charge in [-0.3, -0.25) is 9.69 Å². The Balaban J connectivity index is 1.46. The molecule has 3 nitrogen and oxygen atoms in total. The molecule has 0 unspecified atom stereocenters. The van der Waals surface area contributed by atoms with Crippen LogP contribution < -0.4 is 5.32 Å². The third kappa shape index (κ3) is 5.21. The van der Waals surface area contributed by atoms with Crippen LogP contribution in [0.1, 0.15) is 18.4 Å². The normalized spacial score (nSPS) is 15.9. The first kappa shape index (κ1) is 18.2. The topological polar surface area (TPSA) is 32.3 Å². The molecule has 0 spiro atoms. The number of hydrogen-bond donors (Lipinski definition) is 1. The molecule has 0 bridgehead atoms. The lowest BCUT2D eigenvalue weighted by Crippen LogP contribution is -2.39. The Labute approximate surface area is 158 Å². The summed E-state index contributed by atoms with van der Waals surface area (Å²) in [5.74, 6) is 0.622. The number of halogens is 2. The van der Waals surface area contributed by atoms with Crippen LogP contribution >= 0.6 is 23.2 Å². The number of rotatable bonds is 5. The molecule has 0 atom stereocenters. The number of para-hydroxylation sites is 1. The van der Waals surface area contributed by atoms with Gasteiger partial charge in [-0.05, 0) is 56.0 Å². The summed E-state index contributed by atoms with van der Waals surface area (Å²) in [4.78, 5) is 14.5. The number of hydrogen-bond acceptors (Lipinski definition) is 2. The highest BCUT2D eigenvalue weighted by Gasteiger charge is 2.21. The van der Waals surface area contributed by atoms with Crippen molar-refractivity contribution in [3.63, 3.8) is 0 Å². The highest BCUT2D eigenvalue weighted by Crippen LogP contribution is 2.29. The highest BCUT2D eigenvalue weighted by atomic mass is 35.5. The molecule has 1 amide bonds. The first-order chi connectivity index (χ1) is 12.1. The fraction of sp³-hybridized carbons (Fsp3) is 0.350. The van der Waals surface area contributed by atoms with Crippen LogP contribution in [0.15, 0.2) is 48.5 Å². The maximum Gasteiger partial charge on any atom is 0.238 e. The number of likely N-dealkylation sites (tertiary alicyclic amines) is 1. The summed E-state index contributed by atoms with van der Waals surface area (Å²) in [6.45, 7) is 2.27. The standard InChI is InChI=1S/C20H22Cl2N2O/c21-17-7-4-8-18(22)20(17)23-19(25)14-24-11-9-16(10-12-24)13-15-5-2-1-3-6-15/h1-8,16H,9-14H2,(H,23,25). The summed E-state index contributed by atoms with van der Waals surface area (Å²) >= 11 is 12.2. The third-order valence-corrected chi connectivity index (χ3v) is 5.30. The molecular weight excluding hydrogens is 355 g/mol. The molecule has 25 heavy (non-hydrogen) atoms. The van der Waals surface area contributed by atoms with Crippen LogP contribution in [0.25, 0.3) is 0 Å². The van der Waals surface area contributed by atoms with Gasteiger partial charge in [0.05, 0.1) is 22.3 Å². The smallest absolute Gasteiger partial charge is 0.238 e. The van der Waals surface area contributed by atoms with Crippen LogP contribution in [0.4, 0.5) is 5.69 Å². The van der Waals surface area contributed by atoms with Gasteiger partial charge < -0.3 is 5.32 Å². The van der Waals surface area contributed by atoms with Crippen LogP contribution in [-0.2, 0) is 11.2 Å². The molecule has 1 aliphatic heterocycles. The van der Waals surface area contributed by atoms with Crippen LogP contribution in [0.5, 0.6) is 0 Å². The van der Waals surface area contributed by atoms with Crippen molar-refractivity contribution in [3.05, 3.63) is 64.1 Å². The summed E-state index contributed by atoms with van der Waals surface area (Å²) in [5, 5.41) is 3.75. The second-order valence-corrected chi connectivity index (χ2v) is 7.37. The molecule has 0 aromatic heterocycles. The molecule has 3 rings (SSSR count). The fourth-order valence-corrected chi connectivity index (χ4v) is 3.79. The molecule has 2 aromatic carbocycles. The van der Waals surface area contributed by atoms with Crippen LogP contribution in [0.3, 0.4) is 0 Å². The summed E-state index contributed by atoms with van der Waals surface area (Å²) in [5.41, 5.74) is 1.89. The number of piperidine rings is 1. The van der Waals surface area contributed by atoms with Gasteiger partial charge in [0, 0.05) is 0 Å². The van der Waals surface area contributed by atoms with Crippen molar-refractivity contribution in [2.24, 2.45) is 5.92 Å². The number of carbonyl (C=O) groups is 1. The summed E-state index contributed by atoms with van der Waals surface area (Å²) in [7, 11) is 0. The lowest BCUT2D eigenvalue weighted by Gasteiger charge is -2.31. The van der Waals surface area contributed by atoms with E-state index in [1.807, 2.05) is 0 Å². The van der Waals surface area contributed by atoms with Crippen LogP contribution in [0, 0.1) is 5.92 Å². The minimum Gasteiger partial charge on any atom is -0.322 e. The first-order valence-electron chi connectivity index (χ1n) is 8.62. The first-order valence-corrected chi connectivity index (χ1v) is 9.37. The highest BCUT2D eigenvalue weighted by molar-refractivity contribution is 6.39. The minimum atomic E-state index is -0.0727. The van der Waals surface area contributed by atoms with Gasteiger partial charge in [-0.15, -0.1) is 0 Å². The zero-order valence-corrected chi connectivity index (χ0v) is 15.6. The van der Waals surface area contributed by atoms with E-state index in [4.69, 9.17) is 23.2 Å². The molecule has 0 aliphatic carbocycles. The van der Waals surface area contributed by atoms with Gasteiger partial charge in [-0.1, -0.05) is 59.6 Å². The Hall–Kier alpha value is -1.55. The number of nitrogens with one attached hydrogen (secondary N) is 1. The molecule has 2 aromatic rings. The van der Waals surface area contributed by atoms with E-state index in [-0.39, 0.29) is 5.91 Å². The molecule has 0 radical (unpaired) electrons. The molecule has 1 saturated heterocycles. The van der Waals surface area contributed by atoms with Crippen molar-refractivity contribution in [3.8, 4) is 0 Å². The SMILES string of the molecule is O=C(CN1CCC(Cc2ccccc2)CC1)Nc1c(Cl)cccc1Cl. The summed E-state index contributed by atoms with van der Waals surface area (Å²) < 4.78 is 0. The lowest BCUT2D eigenvalue weighted by molar-refractivity contribution is -0.117. The van der Waals surface area contributed by atoms with E-state index < -0.39 is 0 Å². The average Bonchev–Trinajstić information content (AvgIpc) is 2.61. The largest absolute Gasteiger partial charge is 0.322 e. The number of carbonyl (C=O) groups excluding carboxylic acids is 1. The van der Waals surface area contributed by atoms with Crippen molar-refractivity contribution < 1.29 is 4.79 Å². The van der Waals surface area contributed by atoms with E-state index in [1.54, 1.807) is 18.2 Å². The Morgan fingerprint density at radius 2 is 1.64 bits per heavy atom. The second kappa shape index (κ2) is 8.70. The van der Waals surface area contributed by atoms with E-state index in [1.165, 1.54) is 5.56 Å².